The Labute approximate surface area is 112 Å². The minimum atomic E-state index is -3.65. The van der Waals surface area contributed by atoms with Gasteiger partial charge in [0.2, 0.25) is 0 Å². The Morgan fingerprint density at radius 3 is 2.42 bits per heavy atom. The van der Waals surface area contributed by atoms with Crippen LogP contribution in [0.4, 0.5) is 11.4 Å². The molecule has 19 heavy (non-hydrogen) atoms. The van der Waals surface area contributed by atoms with Crippen molar-refractivity contribution < 1.29 is 13.2 Å². The van der Waals surface area contributed by atoms with Crippen molar-refractivity contribution in [1.29, 1.82) is 0 Å². The van der Waals surface area contributed by atoms with E-state index in [0.29, 0.717) is 17.1 Å². The van der Waals surface area contributed by atoms with E-state index < -0.39 is 10.0 Å². The first-order valence-electron chi connectivity index (χ1n) is 5.54. The first kappa shape index (κ1) is 13.2. The molecule has 0 aliphatic heterocycles. The number of rotatable bonds is 4. The second-order valence-electron chi connectivity index (χ2n) is 3.88. The van der Waals surface area contributed by atoms with Crippen LogP contribution in [0, 0.1) is 0 Å². The summed E-state index contributed by atoms with van der Waals surface area (Å²) in [4.78, 5) is 0.0994. The van der Waals surface area contributed by atoms with E-state index in [1.54, 1.807) is 24.3 Å². The van der Waals surface area contributed by atoms with Crippen LogP contribution in [0.5, 0.6) is 5.75 Å². The van der Waals surface area contributed by atoms with Gasteiger partial charge in [0.1, 0.15) is 5.75 Å². The van der Waals surface area contributed by atoms with Crippen LogP contribution in [-0.4, -0.2) is 15.5 Å². The van der Waals surface area contributed by atoms with Gasteiger partial charge in [-0.25, -0.2) is 8.42 Å². The van der Waals surface area contributed by atoms with Gasteiger partial charge in [-0.3, -0.25) is 4.72 Å². The van der Waals surface area contributed by atoms with Crippen molar-refractivity contribution in [3.63, 3.8) is 0 Å². The summed E-state index contributed by atoms with van der Waals surface area (Å²) in [5.41, 5.74) is 6.54. The highest BCUT2D eigenvalue weighted by molar-refractivity contribution is 7.92. The van der Waals surface area contributed by atoms with Crippen molar-refractivity contribution in [2.24, 2.45) is 0 Å². The Morgan fingerprint density at radius 1 is 1.11 bits per heavy atom. The fraction of sp³-hybridized carbons (Fsp3) is 0.0769. The van der Waals surface area contributed by atoms with Crippen molar-refractivity contribution in [3.05, 3.63) is 48.5 Å². The summed E-state index contributed by atoms with van der Waals surface area (Å²) in [5, 5.41) is 0. The molecule has 0 heterocycles. The lowest BCUT2D eigenvalue weighted by Crippen LogP contribution is -2.13. The van der Waals surface area contributed by atoms with E-state index in [1.807, 2.05) is 6.07 Å². The first-order chi connectivity index (χ1) is 9.03. The van der Waals surface area contributed by atoms with Crippen molar-refractivity contribution in [2.75, 3.05) is 17.6 Å². The summed E-state index contributed by atoms with van der Waals surface area (Å²) in [6.07, 6.45) is 0. The summed E-state index contributed by atoms with van der Waals surface area (Å²) in [6, 6.07) is 13.0. The molecule has 0 atom stereocenters. The molecule has 100 valence electrons. The molecule has 2 rings (SSSR count). The second kappa shape index (κ2) is 5.19. The van der Waals surface area contributed by atoms with E-state index in [-0.39, 0.29) is 4.90 Å². The minimum absolute atomic E-state index is 0.0994. The van der Waals surface area contributed by atoms with Crippen molar-refractivity contribution >= 4 is 21.4 Å². The van der Waals surface area contributed by atoms with Crippen LogP contribution in [0.25, 0.3) is 0 Å². The van der Waals surface area contributed by atoms with Gasteiger partial charge in [-0.15, -0.1) is 0 Å². The normalized spacial score (nSPS) is 11.0. The molecule has 0 aliphatic rings. The highest BCUT2D eigenvalue weighted by Crippen LogP contribution is 2.25. The van der Waals surface area contributed by atoms with Gasteiger partial charge in [0.25, 0.3) is 10.0 Å². The number of ether oxygens (including phenoxy) is 1. The van der Waals surface area contributed by atoms with Crippen molar-refractivity contribution in [1.82, 2.24) is 0 Å². The molecule has 2 aromatic rings. The smallest absolute Gasteiger partial charge is 0.262 e. The van der Waals surface area contributed by atoms with Crippen LogP contribution in [-0.2, 0) is 10.0 Å². The zero-order valence-corrected chi connectivity index (χ0v) is 11.1. The largest absolute Gasteiger partial charge is 0.495 e. The predicted molar refractivity (Wildman–Crippen MR) is 74.7 cm³/mol. The van der Waals surface area contributed by atoms with E-state index in [9.17, 15) is 8.42 Å². The van der Waals surface area contributed by atoms with Gasteiger partial charge >= 0.3 is 0 Å². The lowest BCUT2D eigenvalue weighted by molar-refractivity contribution is 0.415. The number of nitrogens with two attached hydrogens (primary N) is 1. The number of nitrogen functional groups attached to an aromatic ring is 1. The van der Waals surface area contributed by atoms with E-state index in [0.717, 1.165) is 0 Å². The van der Waals surface area contributed by atoms with Crippen LogP contribution in [0.1, 0.15) is 0 Å². The van der Waals surface area contributed by atoms with E-state index in [4.69, 9.17) is 10.5 Å². The highest BCUT2D eigenvalue weighted by atomic mass is 32.2. The molecule has 5 nitrogen and oxygen atoms in total. The van der Waals surface area contributed by atoms with Crippen LogP contribution in [0.3, 0.4) is 0 Å². The zero-order valence-electron chi connectivity index (χ0n) is 10.3. The molecular formula is C13H14N2O3S. The van der Waals surface area contributed by atoms with Gasteiger partial charge in [0, 0.05) is 11.8 Å². The van der Waals surface area contributed by atoms with Crippen molar-refractivity contribution in [2.45, 2.75) is 4.90 Å². The number of benzene rings is 2. The lowest BCUT2D eigenvalue weighted by atomic mass is 10.3. The number of nitrogens with one attached hydrogen (secondary N) is 1. The van der Waals surface area contributed by atoms with Gasteiger partial charge in [0.05, 0.1) is 17.7 Å². The maximum absolute atomic E-state index is 12.2. The molecule has 0 spiro atoms. The molecule has 0 unspecified atom stereocenters. The molecule has 0 bridgehead atoms. The fourth-order valence-corrected chi connectivity index (χ4v) is 2.65. The Bertz CT molecular complexity index is 670. The molecule has 0 aliphatic carbocycles. The highest BCUT2D eigenvalue weighted by Gasteiger charge is 2.15. The molecule has 2 aromatic carbocycles. The maximum Gasteiger partial charge on any atom is 0.262 e. The van der Waals surface area contributed by atoms with Crippen molar-refractivity contribution in [3.8, 4) is 5.75 Å². The predicted octanol–water partition coefficient (Wildman–Crippen LogP) is 2.08. The van der Waals surface area contributed by atoms with Gasteiger partial charge in [0.15, 0.2) is 0 Å². The molecule has 0 aromatic heterocycles. The third-order valence-corrected chi connectivity index (χ3v) is 3.92. The summed E-state index contributed by atoms with van der Waals surface area (Å²) in [6.45, 7) is 0. The summed E-state index contributed by atoms with van der Waals surface area (Å²) < 4.78 is 31.8. The quantitative estimate of drug-likeness (QED) is 0.839. The molecule has 0 amide bonds. The fourth-order valence-electron chi connectivity index (χ4n) is 1.58. The number of hydrogen-bond donors (Lipinski definition) is 2. The first-order valence-corrected chi connectivity index (χ1v) is 7.02. The van der Waals surface area contributed by atoms with E-state index in [1.165, 1.54) is 25.3 Å². The number of sulfonamides is 1. The summed E-state index contributed by atoms with van der Waals surface area (Å²) in [7, 11) is -2.21. The molecule has 0 radical (unpaired) electrons. The topological polar surface area (TPSA) is 81.4 Å². The lowest BCUT2D eigenvalue weighted by Gasteiger charge is -2.10. The van der Waals surface area contributed by atoms with Crippen LogP contribution in [0.2, 0.25) is 0 Å². The number of anilines is 2. The Hall–Kier alpha value is -2.21. The SMILES string of the molecule is COc1cc(S(=O)(=O)Nc2ccccc2)ccc1N. The maximum atomic E-state index is 12.2. The minimum Gasteiger partial charge on any atom is -0.495 e. The molecule has 0 saturated carbocycles. The Balaban J connectivity index is 2.35. The number of para-hydroxylation sites is 1. The third kappa shape index (κ3) is 2.97. The third-order valence-electron chi connectivity index (χ3n) is 2.54. The van der Waals surface area contributed by atoms with E-state index in [2.05, 4.69) is 4.72 Å². The van der Waals surface area contributed by atoms with Gasteiger partial charge in [-0.1, -0.05) is 18.2 Å². The molecule has 0 fully saturated rings. The Morgan fingerprint density at radius 2 is 1.79 bits per heavy atom. The molecular weight excluding hydrogens is 264 g/mol. The molecule has 6 heteroatoms. The van der Waals surface area contributed by atoms with Gasteiger partial charge < -0.3 is 10.5 Å². The summed E-state index contributed by atoms with van der Waals surface area (Å²) in [5.74, 6) is 0.330. The average Bonchev–Trinajstić information content (AvgIpc) is 2.39. The Kier molecular flexibility index (Phi) is 3.62. The number of methoxy groups -OCH3 is 1. The van der Waals surface area contributed by atoms with E-state index >= 15 is 0 Å². The van der Waals surface area contributed by atoms with Crippen LogP contribution in [0.15, 0.2) is 53.4 Å². The second-order valence-corrected chi connectivity index (χ2v) is 5.56. The van der Waals surface area contributed by atoms with Gasteiger partial charge in [-0.2, -0.15) is 0 Å². The molecule has 0 saturated heterocycles. The standard InChI is InChI=1S/C13H14N2O3S/c1-18-13-9-11(7-8-12(13)14)19(16,17)15-10-5-3-2-4-6-10/h2-9,15H,14H2,1H3. The number of hydrogen-bond acceptors (Lipinski definition) is 4. The van der Waals surface area contributed by atoms with Crippen LogP contribution >= 0.6 is 0 Å². The zero-order chi connectivity index (χ0) is 13.9. The van der Waals surface area contributed by atoms with Gasteiger partial charge in [-0.05, 0) is 24.3 Å². The monoisotopic (exact) mass is 278 g/mol. The average molecular weight is 278 g/mol. The molecule has 3 N–H and O–H groups in total. The van der Waals surface area contributed by atoms with Crippen LogP contribution < -0.4 is 15.2 Å². The summed E-state index contributed by atoms with van der Waals surface area (Å²) >= 11 is 0.